The lowest BCUT2D eigenvalue weighted by Crippen LogP contribution is -2.35. The van der Waals surface area contributed by atoms with Gasteiger partial charge in [-0.25, -0.2) is 0 Å². The molecule has 14 heavy (non-hydrogen) atoms. The molecule has 0 unspecified atom stereocenters. The molecule has 0 aromatic carbocycles. The average Bonchev–Trinajstić information content (AvgIpc) is 2.20. The van der Waals surface area contributed by atoms with Crippen LogP contribution in [0.1, 0.15) is 13.3 Å². The Kier molecular flexibility index (Phi) is 3.79. The van der Waals surface area contributed by atoms with Crippen LogP contribution in [0.3, 0.4) is 0 Å². The highest BCUT2D eigenvalue weighted by molar-refractivity contribution is 6.29. The fraction of sp³-hybridized carbons (Fsp3) is 0.375. The summed E-state index contributed by atoms with van der Waals surface area (Å²) in [6.07, 6.45) is 0.576. The van der Waals surface area contributed by atoms with Crippen LogP contribution in [0.5, 0.6) is 0 Å². The summed E-state index contributed by atoms with van der Waals surface area (Å²) in [4.78, 5) is 11.3. The second kappa shape index (κ2) is 4.88. The summed E-state index contributed by atoms with van der Waals surface area (Å²) in [7, 11) is 0. The fourth-order valence-electron chi connectivity index (χ4n) is 0.787. The smallest absolute Gasteiger partial charge is 0.242 e. The second-order valence-electron chi connectivity index (χ2n) is 2.75. The zero-order valence-corrected chi connectivity index (χ0v) is 8.45. The summed E-state index contributed by atoms with van der Waals surface area (Å²) >= 11 is 5.53. The topological polar surface area (TPSA) is 80.9 Å². The van der Waals surface area contributed by atoms with E-state index in [9.17, 15) is 4.79 Å². The summed E-state index contributed by atoms with van der Waals surface area (Å²) < 4.78 is 0. The number of amides is 1. The largest absolute Gasteiger partial charge is 0.320 e. The molecule has 0 radical (unpaired) electrons. The van der Waals surface area contributed by atoms with Gasteiger partial charge in [0.25, 0.3) is 0 Å². The van der Waals surface area contributed by atoms with Gasteiger partial charge in [-0.1, -0.05) is 18.5 Å². The van der Waals surface area contributed by atoms with E-state index < -0.39 is 6.04 Å². The first-order valence-corrected chi connectivity index (χ1v) is 4.57. The van der Waals surface area contributed by atoms with Crippen molar-refractivity contribution < 1.29 is 4.79 Å². The first-order chi connectivity index (χ1) is 6.63. The molecule has 0 aliphatic heterocycles. The van der Waals surface area contributed by atoms with Crippen LogP contribution in [0.4, 0.5) is 5.82 Å². The van der Waals surface area contributed by atoms with Gasteiger partial charge in [0.15, 0.2) is 11.0 Å². The van der Waals surface area contributed by atoms with Crippen molar-refractivity contribution in [2.75, 3.05) is 5.32 Å². The van der Waals surface area contributed by atoms with E-state index in [0.29, 0.717) is 12.2 Å². The molecule has 0 fully saturated rings. The van der Waals surface area contributed by atoms with E-state index in [1.165, 1.54) is 0 Å². The summed E-state index contributed by atoms with van der Waals surface area (Å²) in [5, 5.41) is 10.0. The van der Waals surface area contributed by atoms with Crippen molar-refractivity contribution in [1.29, 1.82) is 0 Å². The minimum atomic E-state index is -0.521. The number of anilines is 1. The normalized spacial score (nSPS) is 12.2. The number of carbonyl (C=O) groups excluding carboxylic acids is 1. The molecule has 1 atom stereocenters. The van der Waals surface area contributed by atoms with Gasteiger partial charge in [0, 0.05) is 0 Å². The molecule has 1 heterocycles. The van der Waals surface area contributed by atoms with Crippen LogP contribution in [0.15, 0.2) is 12.1 Å². The zero-order valence-electron chi connectivity index (χ0n) is 7.70. The minimum Gasteiger partial charge on any atom is -0.320 e. The van der Waals surface area contributed by atoms with Crippen LogP contribution in [0.25, 0.3) is 0 Å². The number of hydrogen-bond donors (Lipinski definition) is 2. The van der Waals surface area contributed by atoms with Crippen molar-refractivity contribution in [2.45, 2.75) is 19.4 Å². The fourth-order valence-corrected chi connectivity index (χ4v) is 0.888. The Morgan fingerprint density at radius 1 is 1.64 bits per heavy atom. The van der Waals surface area contributed by atoms with Gasteiger partial charge in [0.2, 0.25) is 5.91 Å². The lowest BCUT2D eigenvalue weighted by atomic mass is 10.2. The third-order valence-corrected chi connectivity index (χ3v) is 1.86. The van der Waals surface area contributed by atoms with E-state index in [1.54, 1.807) is 12.1 Å². The standard InChI is InChI=1S/C8H11ClN4O/c1-2-5(10)8(14)11-7-4-3-6(9)12-13-7/h3-5H,2,10H2,1H3,(H,11,13,14)/t5-/m1/s1. The molecule has 3 N–H and O–H groups in total. The maximum absolute atomic E-state index is 11.3. The molecule has 1 aromatic rings. The third kappa shape index (κ3) is 2.93. The summed E-state index contributed by atoms with van der Waals surface area (Å²) in [5.74, 6) is 0.0763. The maximum Gasteiger partial charge on any atom is 0.242 e. The van der Waals surface area contributed by atoms with Gasteiger partial charge < -0.3 is 11.1 Å². The molecule has 5 nitrogen and oxygen atoms in total. The maximum atomic E-state index is 11.3. The van der Waals surface area contributed by atoms with E-state index >= 15 is 0 Å². The Morgan fingerprint density at radius 2 is 2.36 bits per heavy atom. The highest BCUT2D eigenvalue weighted by Gasteiger charge is 2.11. The minimum absolute atomic E-state index is 0.274. The van der Waals surface area contributed by atoms with Crippen LogP contribution < -0.4 is 11.1 Å². The second-order valence-corrected chi connectivity index (χ2v) is 3.13. The third-order valence-electron chi connectivity index (χ3n) is 1.66. The van der Waals surface area contributed by atoms with Gasteiger partial charge in [0.1, 0.15) is 0 Å². The summed E-state index contributed by atoms with van der Waals surface area (Å²) in [6.45, 7) is 1.83. The zero-order chi connectivity index (χ0) is 10.6. The predicted octanol–water partition coefficient (Wildman–Crippen LogP) is 0.806. The molecule has 76 valence electrons. The molecule has 1 amide bonds. The van der Waals surface area contributed by atoms with E-state index in [1.807, 2.05) is 6.92 Å². The van der Waals surface area contributed by atoms with Crippen LogP contribution >= 0.6 is 11.6 Å². The number of nitrogens with one attached hydrogen (secondary N) is 1. The summed E-state index contributed by atoms with van der Waals surface area (Å²) in [5.41, 5.74) is 5.51. The van der Waals surface area contributed by atoms with Gasteiger partial charge in [-0.2, -0.15) is 0 Å². The lowest BCUT2D eigenvalue weighted by molar-refractivity contribution is -0.117. The van der Waals surface area contributed by atoms with Crippen LogP contribution in [0.2, 0.25) is 5.15 Å². The first kappa shape index (κ1) is 10.9. The summed E-state index contributed by atoms with van der Waals surface area (Å²) in [6, 6.07) is 2.59. The quantitative estimate of drug-likeness (QED) is 0.780. The molecule has 0 aliphatic rings. The number of nitrogens with zero attached hydrogens (tertiary/aromatic N) is 2. The molecule has 1 rings (SSSR count). The van der Waals surface area contributed by atoms with Crippen molar-refractivity contribution in [1.82, 2.24) is 10.2 Å². The van der Waals surface area contributed by atoms with Crippen molar-refractivity contribution in [3.05, 3.63) is 17.3 Å². The Balaban J connectivity index is 2.60. The van der Waals surface area contributed by atoms with Gasteiger partial charge in [-0.3, -0.25) is 4.79 Å². The van der Waals surface area contributed by atoms with Crippen molar-refractivity contribution in [3.63, 3.8) is 0 Å². The van der Waals surface area contributed by atoms with Gasteiger partial charge >= 0.3 is 0 Å². The monoisotopic (exact) mass is 214 g/mol. The lowest BCUT2D eigenvalue weighted by Gasteiger charge is -2.08. The Morgan fingerprint density at radius 3 is 2.86 bits per heavy atom. The van der Waals surface area contributed by atoms with Crippen molar-refractivity contribution in [2.24, 2.45) is 5.73 Å². The number of hydrogen-bond acceptors (Lipinski definition) is 4. The molecule has 0 saturated carbocycles. The molecular weight excluding hydrogens is 204 g/mol. The number of carbonyl (C=O) groups is 1. The number of rotatable bonds is 3. The van der Waals surface area contributed by atoms with Crippen LogP contribution in [0, 0.1) is 0 Å². The molecular formula is C8H11ClN4O. The molecule has 1 aromatic heterocycles. The van der Waals surface area contributed by atoms with Gasteiger partial charge in [-0.05, 0) is 18.6 Å². The number of nitrogens with two attached hydrogens (primary N) is 1. The highest BCUT2D eigenvalue weighted by Crippen LogP contribution is 2.06. The highest BCUT2D eigenvalue weighted by atomic mass is 35.5. The Labute approximate surface area is 86.7 Å². The van der Waals surface area contributed by atoms with Crippen molar-refractivity contribution in [3.8, 4) is 0 Å². The van der Waals surface area contributed by atoms with E-state index in [0.717, 1.165) is 0 Å². The number of aromatic nitrogens is 2. The molecule has 0 aliphatic carbocycles. The Bertz CT molecular complexity index is 314. The van der Waals surface area contributed by atoms with E-state index in [2.05, 4.69) is 15.5 Å². The van der Waals surface area contributed by atoms with Crippen LogP contribution in [-0.2, 0) is 4.79 Å². The predicted molar refractivity (Wildman–Crippen MR) is 53.9 cm³/mol. The van der Waals surface area contributed by atoms with Gasteiger partial charge in [-0.15, -0.1) is 10.2 Å². The van der Waals surface area contributed by atoms with E-state index in [4.69, 9.17) is 17.3 Å². The average molecular weight is 215 g/mol. The van der Waals surface area contributed by atoms with E-state index in [-0.39, 0.29) is 11.1 Å². The SMILES string of the molecule is CC[C@@H](N)C(=O)Nc1ccc(Cl)nn1. The van der Waals surface area contributed by atoms with Gasteiger partial charge in [0.05, 0.1) is 6.04 Å². The Hall–Kier alpha value is -1.20. The molecule has 0 saturated heterocycles. The number of halogens is 1. The first-order valence-electron chi connectivity index (χ1n) is 4.19. The van der Waals surface area contributed by atoms with Crippen LogP contribution in [-0.4, -0.2) is 22.1 Å². The molecule has 0 bridgehead atoms. The molecule has 0 spiro atoms. The molecule has 6 heteroatoms. The van der Waals surface area contributed by atoms with Crippen molar-refractivity contribution >= 4 is 23.3 Å².